The average molecular weight is 370 g/mol. The molecule has 0 heterocycles. The molecule has 144 valence electrons. The SMILES string of the molecule is O=C(O)CC=C=CCC[C@H]1C(=O)CC=C1CC[C@@H](O)COc1ccccc1. The zero-order valence-electron chi connectivity index (χ0n) is 15.3. The van der Waals surface area contributed by atoms with Crippen LogP contribution in [-0.4, -0.2) is 34.7 Å². The van der Waals surface area contributed by atoms with E-state index in [0.29, 0.717) is 32.1 Å². The fourth-order valence-corrected chi connectivity index (χ4v) is 3.03. The van der Waals surface area contributed by atoms with Crippen molar-refractivity contribution >= 4 is 11.8 Å². The number of hydrogen-bond acceptors (Lipinski definition) is 4. The Hall–Kier alpha value is -2.62. The maximum Gasteiger partial charge on any atom is 0.307 e. The number of aliphatic carboxylic acids is 1. The minimum atomic E-state index is -0.887. The molecule has 0 unspecified atom stereocenters. The fraction of sp³-hybridized carbons (Fsp3) is 0.409. The number of carbonyl (C=O) groups is 2. The zero-order chi connectivity index (χ0) is 19.5. The number of carboxylic acid groups (broad SMARTS) is 1. The molecule has 0 saturated heterocycles. The summed E-state index contributed by atoms with van der Waals surface area (Å²) >= 11 is 0. The molecule has 27 heavy (non-hydrogen) atoms. The van der Waals surface area contributed by atoms with Gasteiger partial charge in [0.05, 0.1) is 12.5 Å². The Morgan fingerprint density at radius 1 is 1.30 bits per heavy atom. The van der Waals surface area contributed by atoms with Gasteiger partial charge >= 0.3 is 5.97 Å². The number of carboxylic acids is 1. The van der Waals surface area contributed by atoms with Gasteiger partial charge in [0.1, 0.15) is 18.1 Å². The molecule has 0 amide bonds. The Kier molecular flexibility index (Phi) is 8.56. The van der Waals surface area contributed by atoms with E-state index in [1.807, 2.05) is 36.4 Å². The monoisotopic (exact) mass is 370 g/mol. The van der Waals surface area contributed by atoms with Crippen LogP contribution in [0.4, 0.5) is 0 Å². The average Bonchev–Trinajstić information content (AvgIpc) is 3.01. The lowest BCUT2D eigenvalue weighted by Gasteiger charge is -2.16. The summed E-state index contributed by atoms with van der Waals surface area (Å²) in [7, 11) is 0. The predicted octanol–water partition coefficient (Wildman–Crippen LogP) is 3.69. The lowest BCUT2D eigenvalue weighted by molar-refractivity contribution is -0.136. The summed E-state index contributed by atoms with van der Waals surface area (Å²) in [4.78, 5) is 22.5. The second-order valence-corrected chi connectivity index (χ2v) is 6.57. The third-order valence-corrected chi connectivity index (χ3v) is 4.47. The maximum absolute atomic E-state index is 12.1. The Morgan fingerprint density at radius 2 is 2.07 bits per heavy atom. The first-order valence-electron chi connectivity index (χ1n) is 9.25. The molecule has 0 fully saturated rings. The number of hydrogen-bond donors (Lipinski definition) is 2. The normalized spacial score (nSPS) is 17.0. The van der Waals surface area contributed by atoms with Gasteiger partial charge in [-0.15, -0.1) is 5.73 Å². The molecule has 0 radical (unpaired) electrons. The number of carbonyl (C=O) groups excluding carboxylic acids is 1. The highest BCUT2D eigenvalue weighted by molar-refractivity contribution is 5.88. The van der Waals surface area contributed by atoms with Gasteiger partial charge in [-0.2, -0.15) is 0 Å². The minimum absolute atomic E-state index is 0.0487. The van der Waals surface area contributed by atoms with Crippen molar-refractivity contribution in [3.8, 4) is 5.75 Å². The highest BCUT2D eigenvalue weighted by Gasteiger charge is 2.26. The molecule has 1 aromatic carbocycles. The van der Waals surface area contributed by atoms with Crippen molar-refractivity contribution in [3.05, 3.63) is 59.9 Å². The first-order valence-corrected chi connectivity index (χ1v) is 9.25. The zero-order valence-corrected chi connectivity index (χ0v) is 15.3. The molecular formula is C22H26O5. The highest BCUT2D eigenvalue weighted by Crippen LogP contribution is 2.30. The standard InChI is InChI=1S/C22H26O5/c23-18(16-27-19-8-4-3-5-9-19)14-12-17-13-15-21(24)20(17)10-6-1-2-7-11-22(25)26/h1,3-5,7-9,13,18,20,23H,6,10-12,14-16H2,(H,25,26)/t2?,18-,20-/m1/s1. The van der Waals surface area contributed by atoms with E-state index >= 15 is 0 Å². The summed E-state index contributed by atoms with van der Waals surface area (Å²) in [6.45, 7) is 0.229. The number of aliphatic hydroxyl groups excluding tert-OH is 1. The number of aliphatic hydroxyl groups is 1. The van der Waals surface area contributed by atoms with Gasteiger partial charge in [-0.25, -0.2) is 0 Å². The Balaban J connectivity index is 1.73. The molecule has 2 N–H and O–H groups in total. The number of allylic oxidation sites excluding steroid dienone is 2. The lowest BCUT2D eigenvalue weighted by atomic mass is 9.91. The molecule has 5 nitrogen and oxygen atoms in total. The van der Waals surface area contributed by atoms with Crippen molar-refractivity contribution in [3.63, 3.8) is 0 Å². The number of para-hydroxylation sites is 1. The van der Waals surface area contributed by atoms with E-state index < -0.39 is 12.1 Å². The molecule has 0 spiro atoms. The third kappa shape index (κ3) is 7.65. The van der Waals surface area contributed by atoms with Crippen LogP contribution in [0.5, 0.6) is 5.75 Å². The van der Waals surface area contributed by atoms with Crippen LogP contribution in [0.25, 0.3) is 0 Å². The van der Waals surface area contributed by atoms with E-state index in [9.17, 15) is 14.7 Å². The molecule has 2 rings (SSSR count). The van der Waals surface area contributed by atoms with Gasteiger partial charge in [0.25, 0.3) is 0 Å². The van der Waals surface area contributed by atoms with Crippen molar-refractivity contribution in [1.82, 2.24) is 0 Å². The van der Waals surface area contributed by atoms with Crippen molar-refractivity contribution < 1.29 is 24.5 Å². The van der Waals surface area contributed by atoms with Crippen LogP contribution in [0.15, 0.2) is 59.9 Å². The molecule has 0 saturated carbocycles. The van der Waals surface area contributed by atoms with Crippen LogP contribution in [0, 0.1) is 5.92 Å². The summed E-state index contributed by atoms with van der Waals surface area (Å²) in [5, 5.41) is 18.7. The quantitative estimate of drug-likeness (QED) is 0.458. The van der Waals surface area contributed by atoms with Gasteiger partial charge in [0.2, 0.25) is 0 Å². The van der Waals surface area contributed by atoms with Gasteiger partial charge in [0, 0.05) is 12.3 Å². The number of Topliss-reactive ketones (excluding diaryl/α,β-unsaturated/α-hetero) is 1. The van der Waals surface area contributed by atoms with Crippen molar-refractivity contribution in [2.24, 2.45) is 5.92 Å². The van der Waals surface area contributed by atoms with Crippen LogP contribution in [0.3, 0.4) is 0 Å². The second kappa shape index (κ2) is 11.2. The predicted molar refractivity (Wildman–Crippen MR) is 103 cm³/mol. The first-order chi connectivity index (χ1) is 13.1. The van der Waals surface area contributed by atoms with E-state index in [1.165, 1.54) is 6.08 Å². The Bertz CT molecular complexity index is 713. The summed E-state index contributed by atoms with van der Waals surface area (Å²) in [5.41, 5.74) is 3.92. The van der Waals surface area contributed by atoms with Gasteiger partial charge < -0.3 is 14.9 Å². The van der Waals surface area contributed by atoms with Crippen LogP contribution in [0.1, 0.15) is 38.5 Å². The molecule has 5 heteroatoms. The molecule has 2 atom stereocenters. The van der Waals surface area contributed by atoms with Crippen molar-refractivity contribution in [1.29, 1.82) is 0 Å². The molecule has 0 bridgehead atoms. The summed E-state index contributed by atoms with van der Waals surface area (Å²) in [5.74, 6) is -0.0537. The fourth-order valence-electron chi connectivity index (χ4n) is 3.03. The number of benzene rings is 1. The summed E-state index contributed by atoms with van der Waals surface area (Å²) in [6.07, 6.45) is 7.63. The van der Waals surface area contributed by atoms with Gasteiger partial charge in [-0.3, -0.25) is 9.59 Å². The van der Waals surface area contributed by atoms with Crippen molar-refractivity contribution in [2.75, 3.05) is 6.61 Å². The number of rotatable bonds is 11. The van der Waals surface area contributed by atoms with E-state index in [1.54, 1.807) is 6.08 Å². The number of ketones is 1. The van der Waals surface area contributed by atoms with Gasteiger partial charge in [-0.05, 0) is 50.0 Å². The topological polar surface area (TPSA) is 83.8 Å². The Labute approximate surface area is 159 Å². The largest absolute Gasteiger partial charge is 0.491 e. The van der Waals surface area contributed by atoms with Crippen molar-refractivity contribution in [2.45, 2.75) is 44.6 Å². The highest BCUT2D eigenvalue weighted by atomic mass is 16.5. The second-order valence-electron chi connectivity index (χ2n) is 6.57. The molecular weight excluding hydrogens is 344 g/mol. The molecule has 0 aromatic heterocycles. The number of ether oxygens (including phenoxy) is 1. The summed E-state index contributed by atoms with van der Waals surface area (Å²) < 4.78 is 5.56. The Morgan fingerprint density at radius 3 is 2.81 bits per heavy atom. The summed E-state index contributed by atoms with van der Waals surface area (Å²) in [6, 6.07) is 9.36. The molecule has 1 aromatic rings. The van der Waals surface area contributed by atoms with Gasteiger partial charge in [-0.1, -0.05) is 29.8 Å². The van der Waals surface area contributed by atoms with E-state index in [-0.39, 0.29) is 24.7 Å². The maximum atomic E-state index is 12.1. The molecule has 1 aliphatic carbocycles. The van der Waals surface area contributed by atoms with Crippen LogP contribution >= 0.6 is 0 Å². The van der Waals surface area contributed by atoms with E-state index in [4.69, 9.17) is 9.84 Å². The van der Waals surface area contributed by atoms with Crippen LogP contribution < -0.4 is 4.74 Å². The van der Waals surface area contributed by atoms with Crippen LogP contribution in [-0.2, 0) is 9.59 Å². The van der Waals surface area contributed by atoms with E-state index in [2.05, 4.69) is 5.73 Å². The molecule has 0 aliphatic heterocycles. The smallest absolute Gasteiger partial charge is 0.307 e. The van der Waals surface area contributed by atoms with Crippen LogP contribution in [0.2, 0.25) is 0 Å². The van der Waals surface area contributed by atoms with Gasteiger partial charge in [0.15, 0.2) is 0 Å². The lowest BCUT2D eigenvalue weighted by Crippen LogP contribution is -2.18. The third-order valence-electron chi connectivity index (χ3n) is 4.47. The minimum Gasteiger partial charge on any atom is -0.491 e. The molecule has 1 aliphatic rings. The first kappa shape index (κ1) is 20.7. The van der Waals surface area contributed by atoms with E-state index in [0.717, 1.165) is 11.3 Å².